The Morgan fingerprint density at radius 2 is 1.58 bits per heavy atom. The monoisotopic (exact) mass is 495 g/mol. The van der Waals surface area contributed by atoms with Gasteiger partial charge < -0.3 is 10.4 Å². The first-order valence-corrected chi connectivity index (χ1v) is 9.96. The summed E-state index contributed by atoms with van der Waals surface area (Å²) >= 11 is 0. The van der Waals surface area contributed by atoms with Gasteiger partial charge in [0.15, 0.2) is 6.10 Å². The smallest absolute Gasteiger partial charge is 0.382 e. The predicted octanol–water partition coefficient (Wildman–Crippen LogP) is 5.07. The van der Waals surface area contributed by atoms with Crippen molar-refractivity contribution in [2.24, 2.45) is 11.8 Å². The summed E-state index contributed by atoms with van der Waals surface area (Å²) in [5.41, 5.74) is -6.61. The molecular formula is C20H19F10NO2. The molecule has 1 aromatic rings. The molecule has 1 fully saturated rings. The minimum Gasteiger partial charge on any atom is -0.382 e. The number of nitrogens with one attached hydrogen (secondary N) is 1. The van der Waals surface area contributed by atoms with Crippen molar-refractivity contribution in [2.45, 2.75) is 61.9 Å². The van der Waals surface area contributed by atoms with E-state index >= 15 is 0 Å². The third-order valence-corrected chi connectivity index (χ3v) is 6.48. The zero-order valence-electron chi connectivity index (χ0n) is 16.7. The number of alkyl halides is 10. The zero-order valence-corrected chi connectivity index (χ0v) is 16.7. The highest BCUT2D eigenvalue weighted by atomic mass is 19.4. The Kier molecular flexibility index (Phi) is 6.44. The topological polar surface area (TPSA) is 49.3 Å². The summed E-state index contributed by atoms with van der Waals surface area (Å²) in [4.78, 5) is 12.4. The number of benzene rings is 1. The minimum atomic E-state index is -6.23. The van der Waals surface area contributed by atoms with E-state index in [0.29, 0.717) is 24.1 Å². The van der Waals surface area contributed by atoms with E-state index in [2.05, 4.69) is 0 Å². The van der Waals surface area contributed by atoms with Gasteiger partial charge in [0.05, 0.1) is 6.54 Å². The molecule has 0 aliphatic heterocycles. The highest BCUT2D eigenvalue weighted by Gasteiger charge is 2.73. The highest BCUT2D eigenvalue weighted by molar-refractivity contribution is 5.79. The molecule has 2 N–H and O–H groups in total. The summed E-state index contributed by atoms with van der Waals surface area (Å²) < 4.78 is 130. The van der Waals surface area contributed by atoms with Crippen LogP contribution in [0.15, 0.2) is 18.2 Å². The number of fused-ring (bicyclic) bond motifs is 3. The molecule has 0 saturated heterocycles. The molecule has 0 aromatic heterocycles. The van der Waals surface area contributed by atoms with E-state index in [1.807, 2.05) is 5.32 Å². The lowest BCUT2D eigenvalue weighted by Crippen LogP contribution is -2.50. The maximum atomic E-state index is 14.4. The number of hydrogen-bond donors (Lipinski definition) is 2. The molecule has 2 aliphatic carbocycles. The first-order chi connectivity index (χ1) is 15.0. The first kappa shape index (κ1) is 25.6. The van der Waals surface area contributed by atoms with Crippen LogP contribution in [0.1, 0.15) is 41.9 Å². The molecule has 2 aliphatic rings. The van der Waals surface area contributed by atoms with Gasteiger partial charge in [0, 0.05) is 11.5 Å². The number of rotatable bonds is 4. The Labute approximate surface area is 181 Å². The Bertz CT molecular complexity index is 878. The molecule has 3 rings (SSSR count). The number of aryl methyl sites for hydroxylation is 1. The highest BCUT2D eigenvalue weighted by Crippen LogP contribution is 2.55. The van der Waals surface area contributed by atoms with Crippen LogP contribution in [-0.4, -0.2) is 42.2 Å². The van der Waals surface area contributed by atoms with Crippen molar-refractivity contribution in [2.75, 3.05) is 6.54 Å². The molecule has 1 amide bonds. The summed E-state index contributed by atoms with van der Waals surface area (Å²) in [6.07, 6.45) is -19.4. The Morgan fingerprint density at radius 3 is 2.12 bits per heavy atom. The third kappa shape index (κ3) is 4.52. The van der Waals surface area contributed by atoms with Gasteiger partial charge in [-0.05, 0) is 48.6 Å². The van der Waals surface area contributed by atoms with Gasteiger partial charge in [0.2, 0.25) is 5.91 Å². The van der Waals surface area contributed by atoms with Crippen LogP contribution in [0.3, 0.4) is 0 Å². The molecule has 1 saturated carbocycles. The summed E-state index contributed by atoms with van der Waals surface area (Å²) in [5.74, 6) is -2.26. The molecule has 0 unspecified atom stereocenters. The molecule has 0 heterocycles. The molecule has 3 nitrogen and oxygen atoms in total. The van der Waals surface area contributed by atoms with Crippen molar-refractivity contribution in [1.29, 1.82) is 0 Å². The molecule has 13 heteroatoms. The van der Waals surface area contributed by atoms with E-state index in [1.165, 1.54) is 0 Å². The number of carbonyl (C=O) groups is 1. The van der Waals surface area contributed by atoms with Crippen LogP contribution in [0.2, 0.25) is 0 Å². The van der Waals surface area contributed by atoms with Crippen molar-refractivity contribution in [1.82, 2.24) is 5.32 Å². The number of carbonyl (C=O) groups excluding carboxylic acids is 1. The molecule has 186 valence electrons. The number of aliphatic hydroxyl groups is 1. The maximum Gasteiger partial charge on any atom is 0.435 e. The van der Waals surface area contributed by atoms with Gasteiger partial charge in [0.1, 0.15) is 0 Å². The average molecular weight is 495 g/mol. The van der Waals surface area contributed by atoms with Crippen molar-refractivity contribution in [3.8, 4) is 0 Å². The minimum absolute atomic E-state index is 0.0227. The molecular weight excluding hydrogens is 476 g/mol. The van der Waals surface area contributed by atoms with Crippen molar-refractivity contribution >= 4 is 5.91 Å². The van der Waals surface area contributed by atoms with E-state index < -0.39 is 66.1 Å². The molecule has 1 aromatic carbocycles. The fourth-order valence-corrected chi connectivity index (χ4v) is 4.83. The summed E-state index contributed by atoms with van der Waals surface area (Å²) in [7, 11) is 0. The van der Waals surface area contributed by atoms with Crippen LogP contribution in [0.5, 0.6) is 0 Å². The van der Waals surface area contributed by atoms with Crippen LogP contribution in [0.4, 0.5) is 43.9 Å². The molecule has 33 heavy (non-hydrogen) atoms. The normalized spacial score (nSPS) is 24.8. The Hall–Kier alpha value is -2.05. The number of halogens is 10. The number of hydrogen-bond acceptors (Lipinski definition) is 2. The standard InChI is InChI=1S/C20H19F10NO2/c21-17(19(25,26)27,20(28,29)30)10-2-4-11-9(7-10)1-3-13-12(11)5-6-14(13)16(33)31-8-15(32)18(22,23)24/h2,4,7,12-15,32H,1,3,5-6,8H2,(H,31,33)/t12-,13+,14+,15+/m0/s1. The largest absolute Gasteiger partial charge is 0.435 e. The molecule has 0 spiro atoms. The number of amides is 1. The van der Waals surface area contributed by atoms with Crippen LogP contribution in [0, 0.1) is 11.8 Å². The van der Waals surface area contributed by atoms with Crippen LogP contribution < -0.4 is 5.32 Å². The van der Waals surface area contributed by atoms with Crippen molar-refractivity contribution in [3.63, 3.8) is 0 Å². The lowest BCUT2D eigenvalue weighted by Gasteiger charge is -2.34. The SMILES string of the molecule is O=C(NC[C@@H](O)C(F)(F)F)[C@@H]1CC[C@H]2c3ccc(C(F)(C(F)(F)F)C(F)(F)F)cc3CC[C@@H]12. The predicted molar refractivity (Wildman–Crippen MR) is 93.7 cm³/mol. The molecule has 0 bridgehead atoms. The van der Waals surface area contributed by atoms with E-state index in [1.54, 1.807) is 0 Å². The lowest BCUT2D eigenvalue weighted by molar-refractivity contribution is -0.348. The van der Waals surface area contributed by atoms with Crippen LogP contribution >= 0.6 is 0 Å². The summed E-state index contributed by atoms with van der Waals surface area (Å²) in [6.45, 7) is -1.04. The van der Waals surface area contributed by atoms with Crippen molar-refractivity contribution in [3.05, 3.63) is 34.9 Å². The molecule has 0 radical (unpaired) electrons. The van der Waals surface area contributed by atoms with Crippen LogP contribution in [-0.2, 0) is 16.9 Å². The average Bonchev–Trinajstić information content (AvgIpc) is 3.12. The van der Waals surface area contributed by atoms with Crippen molar-refractivity contribution < 1.29 is 53.8 Å². The Balaban J connectivity index is 1.81. The summed E-state index contributed by atoms with van der Waals surface area (Å²) in [6, 6.07) is 2.00. The third-order valence-electron chi connectivity index (χ3n) is 6.48. The first-order valence-electron chi connectivity index (χ1n) is 9.96. The zero-order chi connectivity index (χ0) is 25.0. The van der Waals surface area contributed by atoms with E-state index in [4.69, 9.17) is 5.11 Å². The van der Waals surface area contributed by atoms with Gasteiger partial charge in [-0.25, -0.2) is 4.39 Å². The quantitative estimate of drug-likeness (QED) is 0.574. The van der Waals surface area contributed by atoms with Gasteiger partial charge in [-0.1, -0.05) is 18.2 Å². The fourth-order valence-electron chi connectivity index (χ4n) is 4.83. The fraction of sp³-hybridized carbons (Fsp3) is 0.650. The summed E-state index contributed by atoms with van der Waals surface area (Å²) in [5, 5.41) is 11.1. The van der Waals surface area contributed by atoms with E-state index in [0.717, 1.165) is 6.07 Å². The van der Waals surface area contributed by atoms with Gasteiger partial charge >= 0.3 is 24.2 Å². The van der Waals surface area contributed by atoms with Crippen LogP contribution in [0.25, 0.3) is 0 Å². The second-order valence-corrected chi connectivity index (χ2v) is 8.36. The number of aliphatic hydroxyl groups excluding tert-OH is 1. The molecule has 4 atom stereocenters. The second-order valence-electron chi connectivity index (χ2n) is 8.36. The Morgan fingerprint density at radius 1 is 0.970 bits per heavy atom. The van der Waals surface area contributed by atoms with Gasteiger partial charge in [-0.2, -0.15) is 39.5 Å². The second kappa shape index (κ2) is 8.31. The lowest BCUT2D eigenvalue weighted by atomic mass is 9.73. The van der Waals surface area contributed by atoms with Gasteiger partial charge in [-0.3, -0.25) is 4.79 Å². The van der Waals surface area contributed by atoms with E-state index in [-0.39, 0.29) is 24.8 Å². The van der Waals surface area contributed by atoms with Gasteiger partial charge in [0.25, 0.3) is 0 Å². The maximum absolute atomic E-state index is 14.4. The van der Waals surface area contributed by atoms with E-state index in [9.17, 15) is 48.7 Å². The van der Waals surface area contributed by atoms with Gasteiger partial charge in [-0.15, -0.1) is 0 Å².